The predicted molar refractivity (Wildman–Crippen MR) is 195 cm³/mol. The highest BCUT2D eigenvalue weighted by molar-refractivity contribution is 5.69. The predicted octanol–water partition coefficient (Wildman–Crippen LogP) is 13.4. The van der Waals surface area contributed by atoms with E-state index in [0.29, 0.717) is 6.42 Å². The van der Waals surface area contributed by atoms with Gasteiger partial charge in [0.05, 0.1) is 0 Å². The molecule has 0 aliphatic carbocycles. The number of aliphatic carboxylic acids is 1. The standard InChI is InChI=1S/C41H74O4/c1-3-5-7-9-11-12-13-14-15-16-17-18-19-20-21-22-23-24-25-30-34-38-41(44)45-39(35-31-27-10-8-6-4-2)36-32-28-26-29-33-37-40(42)43/h11-12,14-15,20-21,39H,3-10,13,16-19,22-38H2,1-2H3,(H,42,43)/b12-11-,15-14-,21-20-. The van der Waals surface area contributed by atoms with Gasteiger partial charge in [-0.05, 0) is 96.3 Å². The van der Waals surface area contributed by atoms with Crippen molar-refractivity contribution < 1.29 is 19.4 Å². The van der Waals surface area contributed by atoms with Gasteiger partial charge in [0, 0.05) is 12.8 Å². The first kappa shape index (κ1) is 43.2. The maximum atomic E-state index is 12.6. The van der Waals surface area contributed by atoms with Crippen molar-refractivity contribution in [3.8, 4) is 0 Å². The van der Waals surface area contributed by atoms with E-state index in [-0.39, 0.29) is 18.5 Å². The first-order valence-corrected chi connectivity index (χ1v) is 19.5. The maximum Gasteiger partial charge on any atom is 0.306 e. The minimum absolute atomic E-state index is 0.0134. The summed E-state index contributed by atoms with van der Waals surface area (Å²) in [6, 6.07) is 0. The number of carboxylic acids is 1. The molecule has 0 aromatic carbocycles. The molecule has 262 valence electrons. The third-order valence-corrected chi connectivity index (χ3v) is 8.58. The molecule has 0 heterocycles. The molecule has 0 aromatic rings. The molecule has 1 N–H and O–H groups in total. The molecule has 4 heteroatoms. The lowest BCUT2D eigenvalue weighted by molar-refractivity contribution is -0.150. The molecule has 1 atom stereocenters. The van der Waals surface area contributed by atoms with Crippen molar-refractivity contribution in [2.24, 2.45) is 0 Å². The van der Waals surface area contributed by atoms with Crippen molar-refractivity contribution in [1.29, 1.82) is 0 Å². The summed E-state index contributed by atoms with van der Waals surface area (Å²) >= 11 is 0. The third kappa shape index (κ3) is 36.5. The highest BCUT2D eigenvalue weighted by atomic mass is 16.5. The van der Waals surface area contributed by atoms with Crippen LogP contribution in [-0.4, -0.2) is 23.1 Å². The van der Waals surface area contributed by atoms with Gasteiger partial charge in [0.1, 0.15) is 6.10 Å². The summed E-state index contributed by atoms with van der Waals surface area (Å²) in [5.74, 6) is -0.717. The van der Waals surface area contributed by atoms with Gasteiger partial charge in [0.25, 0.3) is 0 Å². The molecule has 0 spiro atoms. The number of carbonyl (C=O) groups excluding carboxylic acids is 1. The van der Waals surface area contributed by atoms with E-state index in [1.807, 2.05) is 0 Å². The lowest BCUT2D eigenvalue weighted by Crippen LogP contribution is -2.18. The molecule has 0 rings (SSSR count). The van der Waals surface area contributed by atoms with Crippen LogP contribution in [0.15, 0.2) is 36.5 Å². The van der Waals surface area contributed by atoms with Gasteiger partial charge in [-0.25, -0.2) is 0 Å². The Morgan fingerprint density at radius 2 is 0.867 bits per heavy atom. The molecular formula is C41H74O4. The number of ether oxygens (including phenoxy) is 1. The Morgan fingerprint density at radius 1 is 0.489 bits per heavy atom. The average Bonchev–Trinajstić information content (AvgIpc) is 3.02. The van der Waals surface area contributed by atoms with E-state index in [0.717, 1.165) is 70.6 Å². The van der Waals surface area contributed by atoms with E-state index in [2.05, 4.69) is 50.3 Å². The fourth-order valence-electron chi connectivity index (χ4n) is 5.68. The number of rotatable bonds is 35. The normalized spacial score (nSPS) is 12.6. The van der Waals surface area contributed by atoms with Gasteiger partial charge in [-0.2, -0.15) is 0 Å². The van der Waals surface area contributed by atoms with Crippen LogP contribution in [0.1, 0.15) is 206 Å². The smallest absolute Gasteiger partial charge is 0.306 e. The van der Waals surface area contributed by atoms with Crippen molar-refractivity contribution >= 4 is 11.9 Å². The summed E-state index contributed by atoms with van der Waals surface area (Å²) in [5.41, 5.74) is 0. The molecule has 0 aromatic heterocycles. The number of unbranched alkanes of at least 4 members (excludes halogenated alkanes) is 20. The summed E-state index contributed by atoms with van der Waals surface area (Å²) < 4.78 is 5.95. The van der Waals surface area contributed by atoms with Crippen molar-refractivity contribution in [1.82, 2.24) is 0 Å². The second-order valence-electron chi connectivity index (χ2n) is 13.1. The molecule has 1 unspecified atom stereocenters. The topological polar surface area (TPSA) is 63.6 Å². The average molecular weight is 631 g/mol. The van der Waals surface area contributed by atoms with Crippen molar-refractivity contribution in [2.75, 3.05) is 0 Å². The summed E-state index contributed by atoms with van der Waals surface area (Å²) in [5, 5.41) is 8.78. The lowest BCUT2D eigenvalue weighted by Gasteiger charge is -2.18. The Hall–Kier alpha value is -1.84. The Kier molecular flexibility index (Phi) is 35.1. The zero-order chi connectivity index (χ0) is 32.9. The Bertz CT molecular complexity index is 723. The summed E-state index contributed by atoms with van der Waals surface area (Å²) in [6.45, 7) is 4.50. The van der Waals surface area contributed by atoms with Crippen LogP contribution < -0.4 is 0 Å². The molecular weight excluding hydrogens is 556 g/mol. The number of hydrogen-bond donors (Lipinski definition) is 1. The number of carboxylic acid groups (broad SMARTS) is 1. The monoisotopic (exact) mass is 631 g/mol. The fourth-order valence-corrected chi connectivity index (χ4v) is 5.68. The first-order valence-electron chi connectivity index (χ1n) is 19.5. The molecule has 0 saturated heterocycles. The SMILES string of the molecule is CCCCC/C=C\C/C=C\CCCC/C=C\CCCCCCCC(=O)OC(CCCCCCCC)CCCCCCCC(=O)O. The molecule has 4 nitrogen and oxygen atoms in total. The highest BCUT2D eigenvalue weighted by Crippen LogP contribution is 2.18. The van der Waals surface area contributed by atoms with Gasteiger partial charge in [-0.3, -0.25) is 9.59 Å². The second-order valence-corrected chi connectivity index (χ2v) is 13.1. The molecule has 0 saturated carbocycles. The van der Waals surface area contributed by atoms with E-state index in [1.165, 1.54) is 109 Å². The van der Waals surface area contributed by atoms with Crippen molar-refractivity contribution in [3.63, 3.8) is 0 Å². The van der Waals surface area contributed by atoms with Crippen LogP contribution in [-0.2, 0) is 14.3 Å². The van der Waals surface area contributed by atoms with Crippen LogP contribution in [0.3, 0.4) is 0 Å². The fraction of sp³-hybridized carbons (Fsp3) is 0.805. The molecule has 0 aliphatic rings. The van der Waals surface area contributed by atoms with E-state index in [1.54, 1.807) is 0 Å². The number of esters is 1. The van der Waals surface area contributed by atoms with Gasteiger partial charge in [0.2, 0.25) is 0 Å². The van der Waals surface area contributed by atoms with Gasteiger partial charge in [0.15, 0.2) is 0 Å². The van der Waals surface area contributed by atoms with Crippen LogP contribution in [0.25, 0.3) is 0 Å². The zero-order valence-electron chi connectivity index (χ0n) is 29.9. The number of allylic oxidation sites excluding steroid dienone is 6. The first-order chi connectivity index (χ1) is 22.1. The Morgan fingerprint density at radius 3 is 1.40 bits per heavy atom. The van der Waals surface area contributed by atoms with E-state index >= 15 is 0 Å². The van der Waals surface area contributed by atoms with E-state index in [4.69, 9.17) is 9.84 Å². The van der Waals surface area contributed by atoms with Crippen LogP contribution in [0.5, 0.6) is 0 Å². The largest absolute Gasteiger partial charge is 0.481 e. The van der Waals surface area contributed by atoms with Gasteiger partial charge >= 0.3 is 11.9 Å². The van der Waals surface area contributed by atoms with Crippen LogP contribution in [0.4, 0.5) is 0 Å². The highest BCUT2D eigenvalue weighted by Gasteiger charge is 2.14. The molecule has 0 fully saturated rings. The van der Waals surface area contributed by atoms with Gasteiger partial charge < -0.3 is 9.84 Å². The van der Waals surface area contributed by atoms with Crippen molar-refractivity contribution in [2.45, 2.75) is 213 Å². The number of carbonyl (C=O) groups is 2. The van der Waals surface area contributed by atoms with E-state index < -0.39 is 5.97 Å². The molecule has 0 aliphatic heterocycles. The lowest BCUT2D eigenvalue weighted by atomic mass is 10.0. The maximum absolute atomic E-state index is 12.6. The zero-order valence-corrected chi connectivity index (χ0v) is 29.9. The molecule has 0 amide bonds. The number of hydrogen-bond acceptors (Lipinski definition) is 3. The van der Waals surface area contributed by atoms with Crippen LogP contribution in [0, 0.1) is 0 Å². The molecule has 0 radical (unpaired) electrons. The minimum Gasteiger partial charge on any atom is -0.481 e. The third-order valence-electron chi connectivity index (χ3n) is 8.58. The van der Waals surface area contributed by atoms with Crippen molar-refractivity contribution in [3.05, 3.63) is 36.5 Å². The molecule has 45 heavy (non-hydrogen) atoms. The summed E-state index contributed by atoms with van der Waals surface area (Å²) in [4.78, 5) is 23.2. The summed E-state index contributed by atoms with van der Waals surface area (Å²) in [7, 11) is 0. The van der Waals surface area contributed by atoms with E-state index in [9.17, 15) is 9.59 Å². The summed E-state index contributed by atoms with van der Waals surface area (Å²) in [6.07, 6.45) is 47.4. The Balaban J connectivity index is 3.85. The van der Waals surface area contributed by atoms with Crippen LogP contribution in [0.2, 0.25) is 0 Å². The minimum atomic E-state index is -0.703. The van der Waals surface area contributed by atoms with Gasteiger partial charge in [-0.1, -0.05) is 134 Å². The molecule has 0 bridgehead atoms. The van der Waals surface area contributed by atoms with Crippen LogP contribution >= 0.6 is 0 Å². The quantitative estimate of drug-likeness (QED) is 0.0430. The Labute approximate surface area is 279 Å². The van der Waals surface area contributed by atoms with Gasteiger partial charge in [-0.15, -0.1) is 0 Å². The second kappa shape index (κ2) is 36.6.